The lowest BCUT2D eigenvalue weighted by atomic mass is 10.1. The molecule has 0 aromatic heterocycles. The van der Waals surface area contributed by atoms with Crippen molar-refractivity contribution in [1.29, 1.82) is 0 Å². The fraction of sp³-hybridized carbons (Fsp3) is 0.417. The molecular formula is C12H15BrClFN2O. The van der Waals surface area contributed by atoms with Gasteiger partial charge in [-0.05, 0) is 47.4 Å². The Kier molecular flexibility index (Phi) is 6.05. The summed E-state index contributed by atoms with van der Waals surface area (Å²) < 4.78 is 14.0. The number of carbonyl (C=O) groups is 1. The number of hydrogen-bond donors (Lipinski definition) is 2. The highest BCUT2D eigenvalue weighted by Gasteiger charge is 2.20. The summed E-state index contributed by atoms with van der Waals surface area (Å²) in [7, 11) is 0. The number of nitrogens with one attached hydrogen (secondary N) is 2. The predicted molar refractivity (Wildman–Crippen MR) is 74.7 cm³/mol. The van der Waals surface area contributed by atoms with Gasteiger partial charge in [0.05, 0.1) is 5.56 Å². The molecule has 1 aromatic rings. The third-order valence-electron chi connectivity index (χ3n) is 2.82. The smallest absolute Gasteiger partial charge is 0.255 e. The van der Waals surface area contributed by atoms with Gasteiger partial charge >= 0.3 is 0 Å². The maximum Gasteiger partial charge on any atom is 0.255 e. The van der Waals surface area contributed by atoms with Gasteiger partial charge in [-0.3, -0.25) is 4.79 Å². The molecule has 0 saturated carbocycles. The minimum absolute atomic E-state index is 0. The molecule has 2 rings (SSSR count). The van der Waals surface area contributed by atoms with E-state index in [9.17, 15) is 9.18 Å². The Morgan fingerprint density at radius 2 is 2.28 bits per heavy atom. The van der Waals surface area contributed by atoms with Crippen LogP contribution in [0.3, 0.4) is 0 Å². The molecule has 100 valence electrons. The molecular weight excluding hydrogens is 322 g/mol. The van der Waals surface area contributed by atoms with E-state index in [0.717, 1.165) is 25.9 Å². The maximum absolute atomic E-state index is 13.5. The molecule has 6 heteroatoms. The van der Waals surface area contributed by atoms with E-state index in [-0.39, 0.29) is 29.9 Å². The van der Waals surface area contributed by atoms with Crippen LogP contribution >= 0.6 is 28.3 Å². The van der Waals surface area contributed by atoms with E-state index in [1.165, 1.54) is 6.07 Å². The summed E-state index contributed by atoms with van der Waals surface area (Å²) in [6, 6.07) is 4.61. The van der Waals surface area contributed by atoms with Crippen LogP contribution in [-0.2, 0) is 0 Å². The van der Waals surface area contributed by atoms with Crippen molar-refractivity contribution in [3.05, 3.63) is 34.1 Å². The Hall–Kier alpha value is -0.650. The molecule has 1 aliphatic rings. The quantitative estimate of drug-likeness (QED) is 0.870. The first kappa shape index (κ1) is 15.4. The van der Waals surface area contributed by atoms with Gasteiger partial charge in [-0.1, -0.05) is 6.07 Å². The van der Waals surface area contributed by atoms with Gasteiger partial charge in [-0.25, -0.2) is 4.39 Å². The molecule has 1 unspecified atom stereocenters. The van der Waals surface area contributed by atoms with Crippen molar-refractivity contribution < 1.29 is 9.18 Å². The van der Waals surface area contributed by atoms with E-state index in [4.69, 9.17) is 0 Å². The zero-order valence-corrected chi connectivity index (χ0v) is 12.1. The Morgan fingerprint density at radius 3 is 2.89 bits per heavy atom. The zero-order valence-electron chi connectivity index (χ0n) is 9.71. The SMILES string of the molecule is Cl.O=C(NC1CCCNC1)c1c(F)cccc1Br. The largest absolute Gasteiger partial charge is 0.348 e. The monoisotopic (exact) mass is 336 g/mol. The van der Waals surface area contributed by atoms with Gasteiger partial charge < -0.3 is 10.6 Å². The summed E-state index contributed by atoms with van der Waals surface area (Å²) >= 11 is 3.20. The summed E-state index contributed by atoms with van der Waals surface area (Å²) in [5, 5.41) is 6.05. The predicted octanol–water partition coefficient (Wildman–Crippen LogP) is 2.49. The summed E-state index contributed by atoms with van der Waals surface area (Å²) in [5.41, 5.74) is 0.0815. The van der Waals surface area contributed by atoms with E-state index in [1.807, 2.05) is 0 Å². The lowest BCUT2D eigenvalue weighted by molar-refractivity contribution is 0.0926. The third-order valence-corrected chi connectivity index (χ3v) is 3.48. The molecule has 18 heavy (non-hydrogen) atoms. The van der Waals surface area contributed by atoms with Crippen molar-refractivity contribution >= 4 is 34.2 Å². The van der Waals surface area contributed by atoms with E-state index in [0.29, 0.717) is 4.47 Å². The highest BCUT2D eigenvalue weighted by molar-refractivity contribution is 9.10. The summed E-state index contributed by atoms with van der Waals surface area (Å²) in [6.07, 6.45) is 1.97. The van der Waals surface area contributed by atoms with Crippen LogP contribution in [0.15, 0.2) is 22.7 Å². The molecule has 1 aliphatic heterocycles. The van der Waals surface area contributed by atoms with Gasteiger partial charge in [0.2, 0.25) is 0 Å². The van der Waals surface area contributed by atoms with Crippen LogP contribution in [0.5, 0.6) is 0 Å². The molecule has 0 spiro atoms. The number of piperidine rings is 1. The first-order valence-corrected chi connectivity index (χ1v) is 6.43. The molecule has 1 heterocycles. The maximum atomic E-state index is 13.5. The van der Waals surface area contributed by atoms with Gasteiger partial charge in [-0.15, -0.1) is 12.4 Å². The molecule has 1 amide bonds. The molecule has 3 nitrogen and oxygen atoms in total. The number of hydrogen-bond acceptors (Lipinski definition) is 2. The molecule has 0 aliphatic carbocycles. The summed E-state index contributed by atoms with van der Waals surface area (Å²) in [6.45, 7) is 1.73. The fourth-order valence-electron chi connectivity index (χ4n) is 1.95. The number of carbonyl (C=O) groups excluding carboxylic acids is 1. The number of halogens is 3. The molecule has 0 bridgehead atoms. The normalized spacial score (nSPS) is 18.9. The van der Waals surface area contributed by atoms with Crippen molar-refractivity contribution in [2.75, 3.05) is 13.1 Å². The van der Waals surface area contributed by atoms with E-state index >= 15 is 0 Å². The first-order chi connectivity index (χ1) is 8.18. The summed E-state index contributed by atoms with van der Waals surface area (Å²) in [5.74, 6) is -0.857. The van der Waals surface area contributed by atoms with Gasteiger partial charge in [0.25, 0.3) is 5.91 Å². The van der Waals surface area contributed by atoms with E-state index in [1.54, 1.807) is 12.1 Å². The highest BCUT2D eigenvalue weighted by Crippen LogP contribution is 2.19. The van der Waals surface area contributed by atoms with E-state index < -0.39 is 5.82 Å². The minimum Gasteiger partial charge on any atom is -0.348 e. The van der Waals surface area contributed by atoms with Gasteiger partial charge in [-0.2, -0.15) is 0 Å². The highest BCUT2D eigenvalue weighted by atomic mass is 79.9. The number of rotatable bonds is 2. The second-order valence-corrected chi connectivity index (χ2v) is 4.97. The van der Waals surface area contributed by atoms with Crippen LogP contribution in [0.2, 0.25) is 0 Å². The molecule has 1 saturated heterocycles. The molecule has 1 atom stereocenters. The number of amides is 1. The lowest BCUT2D eigenvalue weighted by Crippen LogP contribution is -2.45. The molecule has 1 aromatic carbocycles. The van der Waals surface area contributed by atoms with Gasteiger partial charge in [0.1, 0.15) is 5.82 Å². The van der Waals surface area contributed by atoms with Crippen molar-refractivity contribution in [2.45, 2.75) is 18.9 Å². The second kappa shape index (κ2) is 7.07. The van der Waals surface area contributed by atoms with Gasteiger partial charge in [0.15, 0.2) is 0 Å². The van der Waals surface area contributed by atoms with E-state index in [2.05, 4.69) is 26.6 Å². The number of benzene rings is 1. The molecule has 0 radical (unpaired) electrons. The van der Waals surface area contributed by atoms with Crippen molar-refractivity contribution in [3.8, 4) is 0 Å². The molecule has 2 N–H and O–H groups in total. The average Bonchev–Trinajstić information content (AvgIpc) is 2.30. The fourth-order valence-corrected chi connectivity index (χ4v) is 2.47. The minimum atomic E-state index is -0.499. The van der Waals surface area contributed by atoms with Crippen molar-refractivity contribution in [2.24, 2.45) is 0 Å². The van der Waals surface area contributed by atoms with Gasteiger partial charge in [0, 0.05) is 17.1 Å². The Morgan fingerprint density at radius 1 is 1.50 bits per heavy atom. The Balaban J connectivity index is 0.00000162. The standard InChI is InChI=1S/C12H14BrFN2O.ClH/c13-9-4-1-5-10(14)11(9)12(17)16-8-3-2-6-15-7-8;/h1,4-5,8,15H,2-3,6-7H2,(H,16,17);1H. The zero-order chi connectivity index (χ0) is 12.3. The van der Waals surface area contributed by atoms with Crippen molar-refractivity contribution in [1.82, 2.24) is 10.6 Å². The first-order valence-electron chi connectivity index (χ1n) is 5.64. The van der Waals surface area contributed by atoms with Crippen LogP contribution in [0.25, 0.3) is 0 Å². The van der Waals surface area contributed by atoms with Crippen LogP contribution in [-0.4, -0.2) is 25.0 Å². The van der Waals surface area contributed by atoms with Crippen LogP contribution < -0.4 is 10.6 Å². The average molecular weight is 338 g/mol. The lowest BCUT2D eigenvalue weighted by Gasteiger charge is -2.24. The second-order valence-electron chi connectivity index (χ2n) is 4.11. The van der Waals surface area contributed by atoms with Crippen LogP contribution in [0.4, 0.5) is 4.39 Å². The van der Waals surface area contributed by atoms with Crippen LogP contribution in [0, 0.1) is 5.82 Å². The molecule has 1 fully saturated rings. The Bertz CT molecular complexity index is 404. The van der Waals surface area contributed by atoms with Crippen molar-refractivity contribution in [3.63, 3.8) is 0 Å². The third kappa shape index (κ3) is 3.67. The Labute approximate surface area is 120 Å². The summed E-state index contributed by atoms with van der Waals surface area (Å²) in [4.78, 5) is 11.9. The van der Waals surface area contributed by atoms with Crippen LogP contribution in [0.1, 0.15) is 23.2 Å². The topological polar surface area (TPSA) is 41.1 Å².